The van der Waals surface area contributed by atoms with Crippen LogP contribution < -0.4 is 14.8 Å². The summed E-state index contributed by atoms with van der Waals surface area (Å²) in [6.45, 7) is 2.64. The first-order chi connectivity index (χ1) is 16.3. The molecule has 0 fully saturated rings. The Labute approximate surface area is 195 Å². The van der Waals surface area contributed by atoms with Gasteiger partial charge in [-0.15, -0.1) is 10.2 Å². The normalized spacial score (nSPS) is 12.7. The lowest BCUT2D eigenvalue weighted by Gasteiger charge is -2.11. The quantitative estimate of drug-likeness (QED) is 0.259. The van der Waals surface area contributed by atoms with Crippen LogP contribution in [0.25, 0.3) is 33.5 Å². The Morgan fingerprint density at radius 3 is 2.76 bits per heavy atom. The number of methoxy groups -OCH3 is 1. The van der Waals surface area contributed by atoms with Crippen molar-refractivity contribution in [1.29, 1.82) is 0 Å². The van der Waals surface area contributed by atoms with E-state index < -0.39 is 16.1 Å². The molecule has 1 aromatic carbocycles. The molecule has 0 aliphatic rings. The van der Waals surface area contributed by atoms with E-state index >= 15 is 0 Å². The molecule has 3 heterocycles. The fourth-order valence-corrected chi connectivity index (χ4v) is 3.91. The minimum absolute atomic E-state index is 0.152. The number of nitrogens with one attached hydrogen (secondary N) is 3. The maximum absolute atomic E-state index is 11.8. The second-order valence-electron chi connectivity index (χ2n) is 7.70. The van der Waals surface area contributed by atoms with Gasteiger partial charge in [-0.1, -0.05) is 6.92 Å². The van der Waals surface area contributed by atoms with Crippen LogP contribution in [0.1, 0.15) is 19.2 Å². The summed E-state index contributed by atoms with van der Waals surface area (Å²) in [6.07, 6.45) is 4.51. The highest BCUT2D eigenvalue weighted by molar-refractivity contribution is 7.92. The predicted molar refractivity (Wildman–Crippen MR) is 126 cm³/mol. The summed E-state index contributed by atoms with van der Waals surface area (Å²) in [5.74, 6) is 0.836. The van der Waals surface area contributed by atoms with E-state index in [1.165, 1.54) is 7.11 Å². The number of fused-ring (bicyclic) bond motifs is 1. The van der Waals surface area contributed by atoms with Gasteiger partial charge in [0.15, 0.2) is 0 Å². The molecule has 1 atom stereocenters. The monoisotopic (exact) mass is 487 g/mol. The summed E-state index contributed by atoms with van der Waals surface area (Å²) in [7, 11) is -2.13. The zero-order valence-electron chi connectivity index (χ0n) is 18.9. The van der Waals surface area contributed by atoms with Gasteiger partial charge in [-0.05, 0) is 30.2 Å². The number of aromatic amines is 1. The minimum Gasteiger partial charge on any atom is -0.480 e. The summed E-state index contributed by atoms with van der Waals surface area (Å²) in [5.41, 5.74) is 2.96. The SMILES string of the molecule is CCC(O)CNCc1nnc(-c2cc(-c3cnc(OC)c(NS(C)(=O)=O)c3)cc3[nH]ncc23)o1. The van der Waals surface area contributed by atoms with Crippen molar-refractivity contribution >= 4 is 26.6 Å². The second-order valence-corrected chi connectivity index (χ2v) is 9.45. The average Bonchev–Trinajstić information content (AvgIpc) is 3.46. The van der Waals surface area contributed by atoms with Crippen LogP contribution in [0, 0.1) is 0 Å². The molecular formula is C21H25N7O5S. The van der Waals surface area contributed by atoms with Gasteiger partial charge in [-0.2, -0.15) is 5.10 Å². The summed E-state index contributed by atoms with van der Waals surface area (Å²) in [5, 5.41) is 28.9. The molecule has 12 nitrogen and oxygen atoms in total. The molecule has 13 heteroatoms. The third-order valence-corrected chi connectivity index (χ3v) is 5.65. The van der Waals surface area contributed by atoms with Gasteiger partial charge >= 0.3 is 0 Å². The fraction of sp³-hybridized carbons (Fsp3) is 0.333. The summed E-state index contributed by atoms with van der Waals surface area (Å²) >= 11 is 0. The Kier molecular flexibility index (Phi) is 6.77. The highest BCUT2D eigenvalue weighted by Crippen LogP contribution is 2.35. The zero-order chi connectivity index (χ0) is 24.3. The molecule has 4 rings (SSSR count). The number of H-pyrrole nitrogens is 1. The largest absolute Gasteiger partial charge is 0.480 e. The first kappa shape index (κ1) is 23.6. The van der Waals surface area contributed by atoms with Crippen LogP contribution in [-0.4, -0.2) is 64.9 Å². The van der Waals surface area contributed by atoms with Crippen LogP contribution in [0.15, 0.2) is 35.0 Å². The number of sulfonamides is 1. The van der Waals surface area contributed by atoms with Crippen molar-refractivity contribution in [3.63, 3.8) is 0 Å². The highest BCUT2D eigenvalue weighted by atomic mass is 32.2. The maximum Gasteiger partial charge on any atom is 0.248 e. The first-order valence-corrected chi connectivity index (χ1v) is 12.4. The van der Waals surface area contributed by atoms with E-state index in [4.69, 9.17) is 9.15 Å². The van der Waals surface area contributed by atoms with Crippen LogP contribution in [0.4, 0.5) is 5.69 Å². The zero-order valence-corrected chi connectivity index (χ0v) is 19.7. The van der Waals surface area contributed by atoms with E-state index in [0.717, 1.165) is 22.7 Å². The molecule has 0 spiro atoms. The number of rotatable bonds is 10. The van der Waals surface area contributed by atoms with E-state index in [0.29, 0.717) is 42.4 Å². The van der Waals surface area contributed by atoms with Crippen LogP contribution in [0.2, 0.25) is 0 Å². The smallest absolute Gasteiger partial charge is 0.248 e. The van der Waals surface area contributed by atoms with Gasteiger partial charge in [-0.25, -0.2) is 13.4 Å². The van der Waals surface area contributed by atoms with E-state index in [-0.39, 0.29) is 11.6 Å². The molecule has 0 saturated heterocycles. The fourth-order valence-electron chi connectivity index (χ4n) is 3.36. The topological polar surface area (TPSA) is 168 Å². The molecule has 0 radical (unpaired) electrons. The molecular weight excluding hydrogens is 462 g/mol. The van der Waals surface area contributed by atoms with Crippen molar-refractivity contribution in [2.75, 3.05) is 24.6 Å². The predicted octanol–water partition coefficient (Wildman–Crippen LogP) is 1.92. The molecule has 0 amide bonds. The van der Waals surface area contributed by atoms with Gasteiger partial charge in [-0.3, -0.25) is 9.82 Å². The molecule has 4 aromatic rings. The molecule has 180 valence electrons. The Morgan fingerprint density at radius 2 is 2.03 bits per heavy atom. The van der Waals surface area contributed by atoms with E-state index in [9.17, 15) is 13.5 Å². The van der Waals surface area contributed by atoms with E-state index in [2.05, 4.69) is 35.4 Å². The van der Waals surface area contributed by atoms with Crippen LogP contribution >= 0.6 is 0 Å². The summed E-state index contributed by atoms with van der Waals surface area (Å²) in [4.78, 5) is 4.23. The molecule has 0 bridgehead atoms. The molecule has 34 heavy (non-hydrogen) atoms. The second kappa shape index (κ2) is 9.75. The van der Waals surface area contributed by atoms with E-state index in [1.54, 1.807) is 18.5 Å². The van der Waals surface area contributed by atoms with Gasteiger partial charge in [0.1, 0.15) is 5.69 Å². The molecule has 4 N–H and O–H groups in total. The van der Waals surface area contributed by atoms with Crippen molar-refractivity contribution in [3.05, 3.63) is 36.5 Å². The lowest BCUT2D eigenvalue weighted by atomic mass is 10.0. The third-order valence-electron chi connectivity index (χ3n) is 5.06. The number of aliphatic hydroxyl groups is 1. The summed E-state index contributed by atoms with van der Waals surface area (Å²) < 4.78 is 37.0. The minimum atomic E-state index is -3.54. The van der Waals surface area contributed by atoms with E-state index in [1.807, 2.05) is 19.1 Å². The number of benzene rings is 1. The van der Waals surface area contributed by atoms with Gasteiger partial charge < -0.3 is 19.6 Å². The van der Waals surface area contributed by atoms with Gasteiger partial charge in [0.05, 0.1) is 43.3 Å². The summed E-state index contributed by atoms with van der Waals surface area (Å²) in [6, 6.07) is 5.35. The Balaban J connectivity index is 1.70. The number of nitrogens with zero attached hydrogens (tertiary/aromatic N) is 4. The Hall–Kier alpha value is -3.55. The van der Waals surface area contributed by atoms with Crippen molar-refractivity contribution in [2.45, 2.75) is 26.0 Å². The number of ether oxygens (including phenoxy) is 1. The van der Waals surface area contributed by atoms with Crippen LogP contribution in [0.5, 0.6) is 5.88 Å². The average molecular weight is 488 g/mol. The number of pyridine rings is 1. The van der Waals surface area contributed by atoms with Crippen molar-refractivity contribution < 1.29 is 22.7 Å². The third kappa shape index (κ3) is 5.32. The molecule has 0 saturated carbocycles. The van der Waals surface area contributed by atoms with Crippen LogP contribution in [-0.2, 0) is 16.6 Å². The molecule has 1 unspecified atom stereocenters. The maximum atomic E-state index is 11.8. The first-order valence-electron chi connectivity index (χ1n) is 10.5. The number of hydrogen-bond donors (Lipinski definition) is 4. The number of aliphatic hydroxyl groups excluding tert-OH is 1. The van der Waals surface area contributed by atoms with Crippen LogP contribution in [0.3, 0.4) is 0 Å². The van der Waals surface area contributed by atoms with Crippen molar-refractivity contribution in [2.24, 2.45) is 0 Å². The Bertz CT molecular complexity index is 1400. The standard InChI is InChI=1S/C21H25N7O5S/c1-4-14(29)9-22-11-19-26-27-20(33-19)15-5-12(6-17-16(15)10-24-25-17)13-7-18(28-34(3,30)31)21(32-2)23-8-13/h5-8,10,14,22,28-29H,4,9,11H2,1-3H3,(H,24,25). The van der Waals surface area contributed by atoms with Gasteiger partial charge in [0, 0.05) is 23.7 Å². The number of anilines is 1. The molecule has 3 aromatic heterocycles. The lowest BCUT2D eigenvalue weighted by molar-refractivity contribution is 0.166. The highest BCUT2D eigenvalue weighted by Gasteiger charge is 2.17. The molecule has 0 aliphatic heterocycles. The van der Waals surface area contributed by atoms with Crippen molar-refractivity contribution in [1.82, 2.24) is 30.7 Å². The van der Waals surface area contributed by atoms with Gasteiger partial charge in [0.2, 0.25) is 27.7 Å². The number of hydrogen-bond acceptors (Lipinski definition) is 10. The Morgan fingerprint density at radius 1 is 1.21 bits per heavy atom. The lowest BCUT2D eigenvalue weighted by Crippen LogP contribution is -2.25. The van der Waals surface area contributed by atoms with Crippen molar-refractivity contribution in [3.8, 4) is 28.5 Å². The number of aromatic nitrogens is 5. The van der Waals surface area contributed by atoms with Gasteiger partial charge in [0.25, 0.3) is 0 Å². The molecule has 0 aliphatic carbocycles.